The van der Waals surface area contributed by atoms with Crippen LogP contribution in [0.3, 0.4) is 0 Å². The van der Waals surface area contributed by atoms with Gasteiger partial charge in [0.05, 0.1) is 6.61 Å². The predicted octanol–water partition coefficient (Wildman–Crippen LogP) is -0.345. The van der Waals surface area contributed by atoms with E-state index in [9.17, 15) is 9.90 Å². The van der Waals surface area contributed by atoms with Gasteiger partial charge in [-0.1, -0.05) is 0 Å². The zero-order valence-corrected chi connectivity index (χ0v) is 8.11. The molecule has 0 radical (unpaired) electrons. The van der Waals surface area contributed by atoms with Crippen molar-refractivity contribution in [3.8, 4) is 0 Å². The minimum absolute atomic E-state index is 0.265. The molecule has 0 fully saturated rings. The van der Waals surface area contributed by atoms with Gasteiger partial charge >= 0.3 is 5.97 Å². The third-order valence-corrected chi connectivity index (χ3v) is 1.27. The maximum Gasteiger partial charge on any atom is 0.332 e. The van der Waals surface area contributed by atoms with Gasteiger partial charge in [-0.25, -0.2) is 4.79 Å². The Labute approximate surface area is 77.3 Å². The third-order valence-electron chi connectivity index (χ3n) is 1.27. The number of ether oxygens (including phenoxy) is 2. The van der Waals surface area contributed by atoms with Crippen molar-refractivity contribution < 1.29 is 24.5 Å². The van der Waals surface area contributed by atoms with Crippen molar-refractivity contribution in [3.63, 3.8) is 0 Å². The predicted molar refractivity (Wildman–Crippen MR) is 44.9 cm³/mol. The maximum atomic E-state index is 10.7. The number of carbonyl (C=O) groups excluding carboxylic acids is 1. The van der Waals surface area contributed by atoms with Gasteiger partial charge in [0, 0.05) is 0 Å². The van der Waals surface area contributed by atoms with Crippen LogP contribution in [-0.4, -0.2) is 41.3 Å². The molecule has 0 rings (SSSR count). The first-order valence-electron chi connectivity index (χ1n) is 4.05. The molecule has 0 spiro atoms. The summed E-state index contributed by atoms with van der Waals surface area (Å²) in [6.45, 7) is 4.33. The molecule has 5 nitrogen and oxygen atoms in total. The van der Waals surface area contributed by atoms with Crippen LogP contribution in [0.5, 0.6) is 0 Å². The number of rotatable bonds is 5. The second kappa shape index (κ2) is 5.16. The molecule has 0 amide bonds. The normalized spacial score (nSPS) is 13.9. The highest BCUT2D eigenvalue weighted by Gasteiger charge is 2.25. The second-order valence-corrected chi connectivity index (χ2v) is 3.12. The molecule has 2 N–H and O–H groups in total. The minimum atomic E-state index is -1.39. The lowest BCUT2D eigenvalue weighted by atomic mass is 10.1. The fraction of sp³-hybridized carbons (Fsp3) is 0.875. The molecule has 1 unspecified atom stereocenters. The monoisotopic (exact) mass is 192 g/mol. The third kappa shape index (κ3) is 5.57. The van der Waals surface area contributed by atoms with E-state index in [1.54, 1.807) is 6.92 Å². The highest BCUT2D eigenvalue weighted by Crippen LogP contribution is 2.08. The molecular formula is C8H16O5. The van der Waals surface area contributed by atoms with Gasteiger partial charge < -0.3 is 19.7 Å². The number of aliphatic hydroxyl groups is 2. The highest BCUT2D eigenvalue weighted by atomic mass is 16.6. The zero-order valence-electron chi connectivity index (χ0n) is 8.11. The molecule has 0 aliphatic carbocycles. The molecule has 0 saturated heterocycles. The fourth-order valence-electron chi connectivity index (χ4n) is 0.554. The Morgan fingerprint density at radius 2 is 2.08 bits per heavy atom. The summed E-state index contributed by atoms with van der Waals surface area (Å²) < 4.78 is 9.20. The first kappa shape index (κ1) is 12.3. The number of aliphatic hydroxyl groups excluding tert-OH is 1. The average Bonchev–Trinajstić information content (AvgIpc) is 1.99. The van der Waals surface area contributed by atoms with Gasteiger partial charge in [-0.05, 0) is 20.8 Å². The van der Waals surface area contributed by atoms with Gasteiger partial charge in [0.25, 0.3) is 0 Å². The Morgan fingerprint density at radius 3 is 2.46 bits per heavy atom. The Morgan fingerprint density at radius 1 is 1.54 bits per heavy atom. The van der Waals surface area contributed by atoms with Crippen molar-refractivity contribution in [1.82, 2.24) is 0 Å². The summed E-state index contributed by atoms with van der Waals surface area (Å²) >= 11 is 0. The summed E-state index contributed by atoms with van der Waals surface area (Å²) in [4.78, 5) is 10.7. The highest BCUT2D eigenvalue weighted by molar-refractivity contribution is 5.70. The Balaban J connectivity index is 3.70. The van der Waals surface area contributed by atoms with Crippen molar-refractivity contribution in [3.05, 3.63) is 0 Å². The molecule has 1 atom stereocenters. The first-order valence-corrected chi connectivity index (χ1v) is 4.05. The maximum absolute atomic E-state index is 10.7. The molecule has 0 aliphatic rings. The van der Waals surface area contributed by atoms with Crippen LogP contribution in [0.4, 0.5) is 0 Å². The Kier molecular flexibility index (Phi) is 4.90. The van der Waals surface area contributed by atoms with Crippen LogP contribution in [0.15, 0.2) is 0 Å². The van der Waals surface area contributed by atoms with Crippen LogP contribution in [-0.2, 0) is 14.3 Å². The van der Waals surface area contributed by atoms with Crippen LogP contribution >= 0.6 is 0 Å². The quantitative estimate of drug-likeness (QED) is 0.460. The van der Waals surface area contributed by atoms with Crippen LogP contribution in [0, 0.1) is 0 Å². The van der Waals surface area contributed by atoms with Gasteiger partial charge in [0.2, 0.25) is 0 Å². The van der Waals surface area contributed by atoms with Crippen molar-refractivity contribution in [2.45, 2.75) is 32.7 Å². The van der Waals surface area contributed by atoms with Crippen molar-refractivity contribution in [2.24, 2.45) is 0 Å². The van der Waals surface area contributed by atoms with Crippen molar-refractivity contribution in [2.75, 3.05) is 13.2 Å². The second-order valence-electron chi connectivity index (χ2n) is 3.12. The van der Waals surface area contributed by atoms with E-state index in [-0.39, 0.29) is 13.2 Å². The fourth-order valence-corrected chi connectivity index (χ4v) is 0.554. The van der Waals surface area contributed by atoms with Gasteiger partial charge in [0.1, 0.15) is 12.2 Å². The van der Waals surface area contributed by atoms with E-state index in [4.69, 9.17) is 5.11 Å². The summed E-state index contributed by atoms with van der Waals surface area (Å²) in [5.41, 5.74) is -1.38. The summed E-state index contributed by atoms with van der Waals surface area (Å²) in [6.07, 6.45) is -1.39. The van der Waals surface area contributed by atoms with Crippen LogP contribution in [0.1, 0.15) is 20.8 Å². The largest absolute Gasteiger partial charge is 0.464 e. The minimum Gasteiger partial charge on any atom is -0.464 e. The summed E-state index contributed by atoms with van der Waals surface area (Å²) in [5.74, 6) is -0.564. The number of hydrogen-bond acceptors (Lipinski definition) is 5. The summed E-state index contributed by atoms with van der Waals surface area (Å²) in [5, 5.41) is 18.3. The lowest BCUT2D eigenvalue weighted by molar-refractivity contribution is -0.205. The number of carbonyl (C=O) groups is 1. The molecule has 78 valence electrons. The summed E-state index contributed by atoms with van der Waals surface area (Å²) in [6, 6.07) is 0. The zero-order chi connectivity index (χ0) is 10.5. The van der Waals surface area contributed by atoms with Crippen LogP contribution < -0.4 is 0 Å². The average molecular weight is 192 g/mol. The SMILES string of the molecule is CCOC(=O)COC(O)C(C)(C)O. The standard InChI is InChI=1S/C8H16O5/c1-4-12-6(9)5-13-7(10)8(2,3)11/h7,10-11H,4-5H2,1-3H3. The molecule has 0 aliphatic heterocycles. The van der Waals surface area contributed by atoms with E-state index in [1.807, 2.05) is 0 Å². The lowest BCUT2D eigenvalue weighted by Crippen LogP contribution is -2.39. The molecule has 0 aromatic heterocycles. The summed E-state index contributed by atoms with van der Waals surface area (Å²) in [7, 11) is 0. The van der Waals surface area contributed by atoms with Gasteiger partial charge in [-0.2, -0.15) is 0 Å². The Bertz CT molecular complexity index is 160. The smallest absolute Gasteiger partial charge is 0.332 e. The number of esters is 1. The van der Waals surface area contributed by atoms with Gasteiger partial charge in [0.15, 0.2) is 6.29 Å². The molecule has 5 heteroatoms. The van der Waals surface area contributed by atoms with Crippen molar-refractivity contribution >= 4 is 5.97 Å². The Hall–Kier alpha value is -0.650. The number of hydrogen-bond donors (Lipinski definition) is 2. The van der Waals surface area contributed by atoms with Gasteiger partial charge in [-0.15, -0.1) is 0 Å². The van der Waals surface area contributed by atoms with Crippen molar-refractivity contribution in [1.29, 1.82) is 0 Å². The molecule has 0 heterocycles. The van der Waals surface area contributed by atoms with E-state index in [0.29, 0.717) is 0 Å². The van der Waals surface area contributed by atoms with Crippen LogP contribution in [0.25, 0.3) is 0 Å². The van der Waals surface area contributed by atoms with Crippen LogP contribution in [0.2, 0.25) is 0 Å². The topological polar surface area (TPSA) is 76.0 Å². The van der Waals surface area contributed by atoms with Gasteiger partial charge in [-0.3, -0.25) is 0 Å². The molecule has 0 aromatic carbocycles. The molecule has 0 saturated carbocycles. The van der Waals surface area contributed by atoms with E-state index < -0.39 is 17.9 Å². The molecule has 13 heavy (non-hydrogen) atoms. The lowest BCUT2D eigenvalue weighted by Gasteiger charge is -2.23. The van der Waals surface area contributed by atoms with E-state index in [0.717, 1.165) is 0 Å². The molecular weight excluding hydrogens is 176 g/mol. The van der Waals surface area contributed by atoms with E-state index in [2.05, 4.69) is 9.47 Å². The molecule has 0 aromatic rings. The first-order chi connectivity index (χ1) is 5.88. The molecule has 0 bridgehead atoms. The van der Waals surface area contributed by atoms with E-state index in [1.165, 1.54) is 13.8 Å². The van der Waals surface area contributed by atoms with E-state index >= 15 is 0 Å².